The Morgan fingerprint density at radius 2 is 1.39 bits per heavy atom. The van der Waals surface area contributed by atoms with Crippen molar-refractivity contribution in [3.8, 4) is 22.6 Å². The van der Waals surface area contributed by atoms with Crippen LogP contribution in [0.25, 0.3) is 11.1 Å². The van der Waals surface area contributed by atoms with Crippen molar-refractivity contribution in [2.45, 2.75) is 31.6 Å². The fourth-order valence-electron chi connectivity index (χ4n) is 3.91. The molecule has 1 atom stereocenters. The summed E-state index contributed by atoms with van der Waals surface area (Å²) < 4.78 is 44.0. The van der Waals surface area contributed by atoms with Gasteiger partial charge in [0.05, 0.1) is 12.2 Å². The van der Waals surface area contributed by atoms with Gasteiger partial charge in [-0.05, 0) is 72.5 Å². The van der Waals surface area contributed by atoms with E-state index < -0.39 is 11.7 Å². The molecule has 0 spiro atoms. The molecule has 3 aromatic rings. The van der Waals surface area contributed by atoms with Crippen molar-refractivity contribution in [2.24, 2.45) is 0 Å². The number of ether oxygens (including phenoxy) is 1. The van der Waals surface area contributed by atoms with Gasteiger partial charge in [0.15, 0.2) is 0 Å². The summed E-state index contributed by atoms with van der Waals surface area (Å²) in [7, 11) is 0. The summed E-state index contributed by atoms with van der Waals surface area (Å²) >= 11 is 0. The molecule has 1 aliphatic rings. The van der Waals surface area contributed by atoms with E-state index in [0.717, 1.165) is 43.6 Å². The van der Waals surface area contributed by atoms with E-state index in [1.807, 2.05) is 36.4 Å². The third-order valence-corrected chi connectivity index (χ3v) is 5.65. The molecule has 1 aliphatic heterocycles. The maximum Gasteiger partial charge on any atom is 0.416 e. The van der Waals surface area contributed by atoms with Crippen LogP contribution in [0.15, 0.2) is 72.8 Å². The van der Waals surface area contributed by atoms with E-state index in [-0.39, 0.29) is 12.6 Å². The van der Waals surface area contributed by atoms with E-state index >= 15 is 0 Å². The highest BCUT2D eigenvalue weighted by Crippen LogP contribution is 2.32. The Morgan fingerprint density at radius 3 is 1.94 bits per heavy atom. The zero-order valence-corrected chi connectivity index (χ0v) is 17.0. The second-order valence-corrected chi connectivity index (χ2v) is 7.79. The van der Waals surface area contributed by atoms with Gasteiger partial charge >= 0.3 is 6.18 Å². The van der Waals surface area contributed by atoms with Gasteiger partial charge in [-0.1, -0.05) is 36.4 Å². The summed E-state index contributed by atoms with van der Waals surface area (Å²) in [5.41, 5.74) is 2.05. The van der Waals surface area contributed by atoms with Crippen molar-refractivity contribution in [2.75, 3.05) is 13.2 Å². The molecule has 0 radical (unpaired) electrons. The molecule has 162 valence electrons. The molecule has 0 unspecified atom stereocenters. The molecule has 31 heavy (non-hydrogen) atoms. The number of alkyl halides is 3. The first-order valence-corrected chi connectivity index (χ1v) is 10.3. The van der Waals surface area contributed by atoms with Gasteiger partial charge in [-0.25, -0.2) is 0 Å². The lowest BCUT2D eigenvalue weighted by molar-refractivity contribution is -0.137. The van der Waals surface area contributed by atoms with E-state index in [0.29, 0.717) is 17.1 Å². The minimum absolute atomic E-state index is 0.198. The van der Waals surface area contributed by atoms with Crippen LogP contribution in [0.2, 0.25) is 0 Å². The Kier molecular flexibility index (Phi) is 6.30. The van der Waals surface area contributed by atoms with Gasteiger partial charge < -0.3 is 9.84 Å². The predicted octanol–water partition coefficient (Wildman–Crippen LogP) is 6.12. The van der Waals surface area contributed by atoms with E-state index in [1.165, 1.54) is 17.7 Å². The van der Waals surface area contributed by atoms with Crippen LogP contribution in [0.4, 0.5) is 13.2 Å². The fourth-order valence-corrected chi connectivity index (χ4v) is 3.91. The molecule has 4 rings (SSSR count). The second-order valence-electron chi connectivity index (χ2n) is 7.79. The van der Waals surface area contributed by atoms with Crippen molar-refractivity contribution in [3.63, 3.8) is 0 Å². The molecule has 1 saturated heterocycles. The SMILES string of the molecule is OC[C@H]1CCCN1Cc1ccc(Oc2ccc(-c3ccc(C(F)(F)F)cc3)cc2)cc1. The number of nitrogens with zero attached hydrogens (tertiary/aromatic N) is 1. The first kappa shape index (κ1) is 21.4. The lowest BCUT2D eigenvalue weighted by Crippen LogP contribution is -2.31. The molecule has 1 heterocycles. The number of benzene rings is 3. The molecule has 0 aliphatic carbocycles. The number of likely N-dealkylation sites (tertiary alicyclic amines) is 1. The summed E-state index contributed by atoms with van der Waals surface area (Å²) in [4.78, 5) is 2.30. The second kappa shape index (κ2) is 9.12. The molecule has 6 heteroatoms. The zero-order valence-electron chi connectivity index (χ0n) is 17.0. The van der Waals surface area contributed by atoms with Gasteiger partial charge in [-0.2, -0.15) is 13.2 Å². The van der Waals surface area contributed by atoms with Gasteiger partial charge in [0, 0.05) is 12.6 Å². The topological polar surface area (TPSA) is 32.7 Å². The Morgan fingerprint density at radius 1 is 0.839 bits per heavy atom. The molecule has 3 aromatic carbocycles. The molecule has 0 aromatic heterocycles. The third-order valence-electron chi connectivity index (χ3n) is 5.65. The molecular formula is C25H24F3NO2. The summed E-state index contributed by atoms with van der Waals surface area (Å²) in [6, 6.07) is 20.5. The maximum absolute atomic E-state index is 12.7. The Labute approximate surface area is 179 Å². The molecule has 0 amide bonds. The molecule has 0 bridgehead atoms. The standard InChI is InChI=1S/C25H24F3NO2/c26-25(27,28)21-9-5-19(6-10-21)20-7-13-24(14-8-20)31-23-11-3-18(4-12-23)16-29-15-1-2-22(29)17-30/h3-14,22,30H,1-2,15-17H2/t22-/m1/s1. The van der Waals surface area contributed by atoms with Crippen LogP contribution in [0, 0.1) is 0 Å². The summed E-state index contributed by atoms with van der Waals surface area (Å²) in [5, 5.41) is 9.45. The van der Waals surface area contributed by atoms with Crippen molar-refractivity contribution < 1.29 is 23.0 Å². The number of hydrogen-bond acceptors (Lipinski definition) is 3. The molecule has 0 saturated carbocycles. The highest BCUT2D eigenvalue weighted by atomic mass is 19.4. The Balaban J connectivity index is 1.37. The summed E-state index contributed by atoms with van der Waals surface area (Å²) in [6.07, 6.45) is -2.17. The van der Waals surface area contributed by atoms with Gasteiger partial charge in [-0.15, -0.1) is 0 Å². The van der Waals surface area contributed by atoms with Crippen LogP contribution in [0.5, 0.6) is 11.5 Å². The highest BCUT2D eigenvalue weighted by molar-refractivity contribution is 5.64. The van der Waals surface area contributed by atoms with Gasteiger partial charge in [0.25, 0.3) is 0 Å². The largest absolute Gasteiger partial charge is 0.457 e. The highest BCUT2D eigenvalue weighted by Gasteiger charge is 2.30. The lowest BCUT2D eigenvalue weighted by Gasteiger charge is -2.22. The number of aliphatic hydroxyl groups is 1. The fraction of sp³-hybridized carbons (Fsp3) is 0.280. The van der Waals surface area contributed by atoms with Gasteiger partial charge in [0.2, 0.25) is 0 Å². The van der Waals surface area contributed by atoms with Crippen LogP contribution in [-0.4, -0.2) is 29.2 Å². The molecular weight excluding hydrogens is 403 g/mol. The van der Waals surface area contributed by atoms with Crippen molar-refractivity contribution >= 4 is 0 Å². The third kappa shape index (κ3) is 5.27. The minimum Gasteiger partial charge on any atom is -0.457 e. The summed E-state index contributed by atoms with van der Waals surface area (Å²) in [6.45, 7) is 2.02. The van der Waals surface area contributed by atoms with E-state index in [2.05, 4.69) is 4.90 Å². The monoisotopic (exact) mass is 427 g/mol. The molecule has 1 fully saturated rings. The Bertz CT molecular complexity index is 983. The average Bonchev–Trinajstić information content (AvgIpc) is 3.22. The quantitative estimate of drug-likeness (QED) is 0.514. The van der Waals surface area contributed by atoms with Gasteiger partial charge in [-0.3, -0.25) is 4.90 Å². The lowest BCUT2D eigenvalue weighted by atomic mass is 10.0. The molecule has 3 nitrogen and oxygen atoms in total. The first-order valence-electron chi connectivity index (χ1n) is 10.3. The Hall–Kier alpha value is -2.83. The number of aliphatic hydroxyl groups excluding tert-OH is 1. The van der Waals surface area contributed by atoms with E-state index in [4.69, 9.17) is 4.74 Å². The number of halogens is 3. The van der Waals surface area contributed by atoms with Gasteiger partial charge in [0.1, 0.15) is 11.5 Å². The van der Waals surface area contributed by atoms with E-state index in [1.54, 1.807) is 12.1 Å². The average molecular weight is 427 g/mol. The van der Waals surface area contributed by atoms with Crippen LogP contribution in [0.1, 0.15) is 24.0 Å². The minimum atomic E-state index is -4.33. The zero-order chi connectivity index (χ0) is 21.8. The first-order chi connectivity index (χ1) is 14.9. The smallest absolute Gasteiger partial charge is 0.416 e. The normalized spacial score (nSPS) is 17.1. The van der Waals surface area contributed by atoms with Crippen molar-refractivity contribution in [1.82, 2.24) is 4.90 Å². The van der Waals surface area contributed by atoms with Crippen molar-refractivity contribution in [1.29, 1.82) is 0 Å². The summed E-state index contributed by atoms with van der Waals surface area (Å²) in [5.74, 6) is 1.37. The maximum atomic E-state index is 12.7. The number of hydrogen-bond donors (Lipinski definition) is 1. The van der Waals surface area contributed by atoms with E-state index in [9.17, 15) is 18.3 Å². The number of rotatable bonds is 6. The van der Waals surface area contributed by atoms with Crippen LogP contribution in [0.3, 0.4) is 0 Å². The molecule has 1 N–H and O–H groups in total. The van der Waals surface area contributed by atoms with Crippen LogP contribution < -0.4 is 4.74 Å². The predicted molar refractivity (Wildman–Crippen MR) is 114 cm³/mol. The van der Waals surface area contributed by atoms with Crippen molar-refractivity contribution in [3.05, 3.63) is 83.9 Å². The van der Waals surface area contributed by atoms with Crippen LogP contribution >= 0.6 is 0 Å². The van der Waals surface area contributed by atoms with Crippen LogP contribution in [-0.2, 0) is 12.7 Å².